The Hall–Kier alpha value is -3.31. The van der Waals surface area contributed by atoms with Gasteiger partial charge in [-0.2, -0.15) is 13.7 Å². The van der Waals surface area contributed by atoms with Gasteiger partial charge in [-0.1, -0.05) is 71.2 Å². The summed E-state index contributed by atoms with van der Waals surface area (Å²) in [6, 6.07) is 19.9. The van der Waals surface area contributed by atoms with Crippen molar-refractivity contribution in [1.29, 1.82) is 5.26 Å². The van der Waals surface area contributed by atoms with E-state index in [-0.39, 0.29) is 32.8 Å². The molecule has 9 heteroatoms. The van der Waals surface area contributed by atoms with Crippen LogP contribution in [0.3, 0.4) is 0 Å². The van der Waals surface area contributed by atoms with Gasteiger partial charge >= 0.3 is 10.1 Å². The molecule has 0 aromatic heterocycles. The van der Waals surface area contributed by atoms with Crippen LogP contribution in [0.1, 0.15) is 16.7 Å². The average Bonchev–Trinajstić information content (AvgIpc) is 2.79. The highest BCUT2D eigenvalue weighted by molar-refractivity contribution is 7.87. The standard InChI is InChI=1S/C24H18Cl2N2O4S/c1-16-7-9-20(10-8-16)33(30,31)32-23-21(25)12-18(13-22(23)26)11-19(14-27)24(29)28-15-17-5-3-2-4-6-17/h2-13H,15H2,1H3,(H,28,29)/b19-11+. The van der Waals surface area contributed by atoms with Gasteiger partial charge in [0.05, 0.1) is 10.0 Å². The molecule has 3 aromatic rings. The highest BCUT2D eigenvalue weighted by Gasteiger charge is 2.21. The van der Waals surface area contributed by atoms with Crippen molar-refractivity contribution in [1.82, 2.24) is 5.32 Å². The molecular formula is C24H18Cl2N2O4S. The lowest BCUT2D eigenvalue weighted by atomic mass is 10.1. The SMILES string of the molecule is Cc1ccc(S(=O)(=O)Oc2c(Cl)cc(/C=C(\C#N)C(=O)NCc3ccccc3)cc2Cl)cc1. The first-order valence-corrected chi connectivity index (χ1v) is 11.8. The van der Waals surface area contributed by atoms with Crippen LogP contribution in [0, 0.1) is 18.3 Å². The molecule has 0 aliphatic carbocycles. The van der Waals surface area contributed by atoms with E-state index in [1.165, 1.54) is 30.3 Å². The third-order valence-electron chi connectivity index (χ3n) is 4.50. The Morgan fingerprint density at radius 2 is 1.67 bits per heavy atom. The van der Waals surface area contributed by atoms with Gasteiger partial charge in [-0.3, -0.25) is 4.79 Å². The lowest BCUT2D eigenvalue weighted by Crippen LogP contribution is -2.23. The van der Waals surface area contributed by atoms with Crippen LogP contribution in [-0.2, 0) is 21.5 Å². The number of aryl methyl sites for hydroxylation is 1. The molecule has 0 heterocycles. The predicted octanol–water partition coefficient (Wildman–Crippen LogP) is 5.29. The molecule has 0 unspecified atom stereocenters. The Kier molecular flexibility index (Phi) is 7.77. The number of hydrogen-bond donors (Lipinski definition) is 1. The zero-order valence-electron chi connectivity index (χ0n) is 17.4. The molecule has 0 spiro atoms. The van der Waals surface area contributed by atoms with Gasteiger partial charge in [0.15, 0.2) is 5.75 Å². The molecule has 33 heavy (non-hydrogen) atoms. The quantitative estimate of drug-likeness (QED) is 0.270. The van der Waals surface area contributed by atoms with Crippen LogP contribution in [-0.4, -0.2) is 14.3 Å². The summed E-state index contributed by atoms with van der Waals surface area (Å²) < 4.78 is 30.3. The molecule has 0 bridgehead atoms. The first-order valence-electron chi connectivity index (χ1n) is 9.64. The molecule has 3 rings (SSSR count). The topological polar surface area (TPSA) is 96.3 Å². The van der Waals surface area contributed by atoms with Crippen LogP contribution in [0.5, 0.6) is 5.75 Å². The second-order valence-electron chi connectivity index (χ2n) is 7.00. The minimum atomic E-state index is -4.16. The molecule has 0 fully saturated rings. The summed E-state index contributed by atoms with van der Waals surface area (Å²) in [5, 5.41) is 11.9. The zero-order valence-corrected chi connectivity index (χ0v) is 19.7. The second-order valence-corrected chi connectivity index (χ2v) is 9.36. The molecule has 0 aliphatic heterocycles. The molecule has 0 aliphatic rings. The van der Waals surface area contributed by atoms with Crippen LogP contribution in [0.4, 0.5) is 0 Å². The van der Waals surface area contributed by atoms with Crippen molar-refractivity contribution >= 4 is 45.3 Å². The van der Waals surface area contributed by atoms with Crippen LogP contribution in [0.25, 0.3) is 6.08 Å². The second kappa shape index (κ2) is 10.5. The van der Waals surface area contributed by atoms with Crippen molar-refractivity contribution in [2.75, 3.05) is 0 Å². The summed E-state index contributed by atoms with van der Waals surface area (Å²) in [7, 11) is -4.16. The van der Waals surface area contributed by atoms with E-state index in [0.29, 0.717) is 5.56 Å². The van der Waals surface area contributed by atoms with Gasteiger partial charge in [0.1, 0.15) is 16.5 Å². The minimum absolute atomic E-state index is 0.0499. The van der Waals surface area contributed by atoms with Crippen LogP contribution >= 0.6 is 23.2 Å². The number of nitrogens with one attached hydrogen (secondary N) is 1. The van der Waals surface area contributed by atoms with E-state index in [9.17, 15) is 18.5 Å². The fourth-order valence-electron chi connectivity index (χ4n) is 2.79. The van der Waals surface area contributed by atoms with E-state index in [0.717, 1.165) is 11.1 Å². The summed E-state index contributed by atoms with van der Waals surface area (Å²) in [6.45, 7) is 2.08. The highest BCUT2D eigenvalue weighted by atomic mass is 35.5. The smallest absolute Gasteiger partial charge is 0.339 e. The van der Waals surface area contributed by atoms with Gasteiger partial charge in [-0.05, 0) is 48.4 Å². The van der Waals surface area contributed by atoms with Gasteiger partial charge in [0.25, 0.3) is 5.91 Å². The zero-order chi connectivity index (χ0) is 24.0. The average molecular weight is 501 g/mol. The van der Waals surface area contributed by atoms with E-state index in [2.05, 4.69) is 5.32 Å². The van der Waals surface area contributed by atoms with Gasteiger partial charge < -0.3 is 9.50 Å². The Labute approximate surface area is 202 Å². The molecule has 1 amide bonds. The van der Waals surface area contributed by atoms with Crippen LogP contribution < -0.4 is 9.50 Å². The Balaban J connectivity index is 1.80. The van der Waals surface area contributed by atoms with E-state index in [1.807, 2.05) is 43.3 Å². The first kappa shape index (κ1) is 24.3. The third kappa shape index (κ3) is 6.36. The number of rotatable bonds is 7. The lowest BCUT2D eigenvalue weighted by Gasteiger charge is -2.11. The molecule has 168 valence electrons. The summed E-state index contributed by atoms with van der Waals surface area (Å²) in [5.74, 6) is -0.820. The number of carbonyl (C=O) groups is 1. The maximum atomic E-state index is 12.6. The largest absolute Gasteiger partial charge is 0.376 e. The number of benzene rings is 3. The maximum Gasteiger partial charge on any atom is 0.339 e. The summed E-state index contributed by atoms with van der Waals surface area (Å²) in [5.41, 5.74) is 1.93. The number of amides is 1. The number of carbonyl (C=O) groups excluding carboxylic acids is 1. The fourth-order valence-corrected chi connectivity index (χ4v) is 4.43. The Morgan fingerprint density at radius 1 is 1.06 bits per heavy atom. The van der Waals surface area contributed by atoms with Gasteiger partial charge in [-0.15, -0.1) is 0 Å². The monoisotopic (exact) mass is 500 g/mol. The third-order valence-corrected chi connectivity index (χ3v) is 6.29. The Bertz CT molecular complexity index is 1320. The van der Waals surface area contributed by atoms with Gasteiger partial charge in [0, 0.05) is 6.54 Å². The number of halogens is 2. The lowest BCUT2D eigenvalue weighted by molar-refractivity contribution is -0.117. The van der Waals surface area contributed by atoms with Gasteiger partial charge in [-0.25, -0.2) is 0 Å². The van der Waals surface area contributed by atoms with E-state index in [1.54, 1.807) is 12.1 Å². The van der Waals surface area contributed by atoms with Crippen molar-refractivity contribution < 1.29 is 17.4 Å². The summed E-state index contributed by atoms with van der Waals surface area (Å²) in [6.07, 6.45) is 1.30. The molecule has 1 N–H and O–H groups in total. The summed E-state index contributed by atoms with van der Waals surface area (Å²) >= 11 is 12.4. The molecule has 0 radical (unpaired) electrons. The number of nitriles is 1. The van der Waals surface area contributed by atoms with Gasteiger partial charge in [0.2, 0.25) is 0 Å². The predicted molar refractivity (Wildman–Crippen MR) is 127 cm³/mol. The maximum absolute atomic E-state index is 12.6. The minimum Gasteiger partial charge on any atom is -0.376 e. The highest BCUT2D eigenvalue weighted by Crippen LogP contribution is 2.36. The number of hydrogen-bond acceptors (Lipinski definition) is 5. The number of nitrogens with zero attached hydrogens (tertiary/aromatic N) is 1. The van der Waals surface area contributed by atoms with E-state index >= 15 is 0 Å². The normalized spacial score (nSPS) is 11.5. The molecule has 3 aromatic carbocycles. The Morgan fingerprint density at radius 3 is 2.24 bits per heavy atom. The fraction of sp³-hybridized carbons (Fsp3) is 0.0833. The molecular weight excluding hydrogens is 483 g/mol. The van der Waals surface area contributed by atoms with Crippen molar-refractivity contribution in [3.05, 3.63) is 99.0 Å². The van der Waals surface area contributed by atoms with Crippen molar-refractivity contribution in [3.63, 3.8) is 0 Å². The van der Waals surface area contributed by atoms with Crippen LogP contribution in [0.2, 0.25) is 10.0 Å². The van der Waals surface area contributed by atoms with E-state index in [4.69, 9.17) is 27.4 Å². The molecule has 0 saturated heterocycles. The van der Waals surface area contributed by atoms with Crippen molar-refractivity contribution in [2.45, 2.75) is 18.4 Å². The molecule has 6 nitrogen and oxygen atoms in total. The van der Waals surface area contributed by atoms with Crippen molar-refractivity contribution in [3.8, 4) is 11.8 Å². The molecule has 0 atom stereocenters. The summed E-state index contributed by atoms with van der Waals surface area (Å²) in [4.78, 5) is 12.3. The first-order chi connectivity index (χ1) is 15.7. The van der Waals surface area contributed by atoms with Crippen LogP contribution in [0.15, 0.2) is 77.2 Å². The van der Waals surface area contributed by atoms with E-state index < -0.39 is 16.0 Å². The van der Waals surface area contributed by atoms with Crippen molar-refractivity contribution in [2.24, 2.45) is 0 Å². The molecule has 0 saturated carbocycles.